The molecule has 4 heteroatoms. The van der Waals surface area contributed by atoms with E-state index in [0.717, 1.165) is 37.0 Å². The average molecular weight is 380 g/mol. The first-order valence-corrected chi connectivity index (χ1v) is 10.2. The second-order valence-electron chi connectivity index (χ2n) is 8.25. The molecule has 0 spiro atoms. The van der Waals surface area contributed by atoms with Crippen molar-refractivity contribution in [3.8, 4) is 5.75 Å². The molecule has 1 amide bonds. The smallest absolute Gasteiger partial charge is 0.223 e. The summed E-state index contributed by atoms with van der Waals surface area (Å²) >= 11 is 0. The molecule has 0 aliphatic carbocycles. The van der Waals surface area contributed by atoms with Gasteiger partial charge < -0.3 is 14.7 Å². The minimum Gasteiger partial charge on any atom is -0.496 e. The van der Waals surface area contributed by atoms with Gasteiger partial charge in [-0.05, 0) is 49.3 Å². The summed E-state index contributed by atoms with van der Waals surface area (Å²) in [5.74, 6) is 1.05. The summed E-state index contributed by atoms with van der Waals surface area (Å²) in [5, 5.41) is 10.3. The highest BCUT2D eigenvalue weighted by molar-refractivity contribution is 5.78. The summed E-state index contributed by atoms with van der Waals surface area (Å²) in [5.41, 5.74) is 2.11. The normalized spacial score (nSPS) is 25.9. The van der Waals surface area contributed by atoms with Crippen molar-refractivity contribution in [2.45, 2.75) is 50.6 Å². The Hall–Kier alpha value is -2.33. The number of benzene rings is 2. The lowest BCUT2D eigenvalue weighted by atomic mass is 9.70. The van der Waals surface area contributed by atoms with Gasteiger partial charge in [0.25, 0.3) is 0 Å². The highest BCUT2D eigenvalue weighted by atomic mass is 16.5. The van der Waals surface area contributed by atoms with E-state index in [9.17, 15) is 9.90 Å². The molecular formula is C24H29NO3. The number of para-hydroxylation sites is 1. The Morgan fingerprint density at radius 3 is 2.64 bits per heavy atom. The van der Waals surface area contributed by atoms with E-state index in [1.54, 1.807) is 7.11 Å². The fourth-order valence-electron chi connectivity index (χ4n) is 5.37. The molecule has 1 N–H and O–H groups in total. The molecule has 2 bridgehead atoms. The zero-order valence-electron chi connectivity index (χ0n) is 16.5. The predicted molar refractivity (Wildman–Crippen MR) is 109 cm³/mol. The topological polar surface area (TPSA) is 49.8 Å². The number of rotatable bonds is 7. The Balaban J connectivity index is 1.47. The van der Waals surface area contributed by atoms with Crippen molar-refractivity contribution in [1.29, 1.82) is 0 Å². The van der Waals surface area contributed by atoms with Crippen molar-refractivity contribution in [2.75, 3.05) is 13.7 Å². The number of methoxy groups -OCH3 is 1. The summed E-state index contributed by atoms with van der Waals surface area (Å²) in [7, 11) is 1.67. The van der Waals surface area contributed by atoms with E-state index in [-0.39, 0.29) is 30.0 Å². The third-order valence-corrected chi connectivity index (χ3v) is 6.65. The van der Waals surface area contributed by atoms with Crippen LogP contribution in [0, 0.1) is 5.41 Å². The number of hydrogen-bond acceptors (Lipinski definition) is 3. The second kappa shape index (κ2) is 7.96. The first-order valence-electron chi connectivity index (χ1n) is 10.2. The fourth-order valence-corrected chi connectivity index (χ4v) is 5.37. The SMILES string of the molecule is COc1ccccc1CCC(=O)N1[C@H]2CC[C@@H]1[C@@](CO)(Cc1ccccc1)C2. The Morgan fingerprint density at radius 2 is 1.89 bits per heavy atom. The number of aryl methyl sites for hydroxylation is 1. The van der Waals surface area contributed by atoms with Crippen LogP contribution >= 0.6 is 0 Å². The van der Waals surface area contributed by atoms with Crippen LogP contribution in [-0.4, -0.2) is 41.7 Å². The van der Waals surface area contributed by atoms with Crippen molar-refractivity contribution in [1.82, 2.24) is 4.90 Å². The molecule has 0 unspecified atom stereocenters. The van der Waals surface area contributed by atoms with Gasteiger partial charge in [0.05, 0.1) is 13.7 Å². The zero-order valence-corrected chi connectivity index (χ0v) is 16.5. The van der Waals surface area contributed by atoms with E-state index >= 15 is 0 Å². The average Bonchev–Trinajstić information content (AvgIpc) is 3.29. The van der Waals surface area contributed by atoms with Crippen LogP contribution in [0.1, 0.15) is 36.8 Å². The lowest BCUT2D eigenvalue weighted by molar-refractivity contribution is -0.133. The molecular weight excluding hydrogens is 350 g/mol. The Morgan fingerprint density at radius 1 is 1.14 bits per heavy atom. The Kier molecular flexibility index (Phi) is 5.40. The van der Waals surface area contributed by atoms with Crippen molar-refractivity contribution < 1.29 is 14.6 Å². The van der Waals surface area contributed by atoms with Gasteiger partial charge in [0, 0.05) is 23.9 Å². The van der Waals surface area contributed by atoms with Gasteiger partial charge in [0.2, 0.25) is 5.91 Å². The van der Waals surface area contributed by atoms with Crippen molar-refractivity contribution in [3.63, 3.8) is 0 Å². The van der Waals surface area contributed by atoms with Crippen LogP contribution in [0.15, 0.2) is 54.6 Å². The number of fused-ring (bicyclic) bond motifs is 2. The summed E-state index contributed by atoms with van der Waals surface area (Å²) in [6, 6.07) is 18.7. The van der Waals surface area contributed by atoms with Gasteiger partial charge in [0.15, 0.2) is 0 Å². The van der Waals surface area contributed by atoms with E-state index in [1.165, 1.54) is 5.56 Å². The number of carbonyl (C=O) groups is 1. The molecule has 4 nitrogen and oxygen atoms in total. The molecule has 0 aromatic heterocycles. The first-order chi connectivity index (χ1) is 13.7. The van der Waals surface area contributed by atoms with Gasteiger partial charge >= 0.3 is 0 Å². The third kappa shape index (κ3) is 3.42. The zero-order chi connectivity index (χ0) is 19.6. The van der Waals surface area contributed by atoms with Crippen LogP contribution < -0.4 is 4.74 Å². The number of ether oxygens (including phenoxy) is 1. The molecule has 2 aliphatic rings. The predicted octanol–water partition coefficient (Wildman–Crippen LogP) is 3.61. The van der Waals surface area contributed by atoms with Crippen LogP contribution in [0.25, 0.3) is 0 Å². The summed E-state index contributed by atoms with van der Waals surface area (Å²) < 4.78 is 5.42. The highest BCUT2D eigenvalue weighted by Gasteiger charge is 2.56. The molecule has 2 fully saturated rings. The molecule has 3 atom stereocenters. The number of hydrogen-bond donors (Lipinski definition) is 1. The minimum atomic E-state index is -0.204. The first kappa shape index (κ1) is 19.0. The van der Waals surface area contributed by atoms with Crippen LogP contribution in [0.2, 0.25) is 0 Å². The van der Waals surface area contributed by atoms with Gasteiger partial charge in [-0.3, -0.25) is 4.79 Å². The van der Waals surface area contributed by atoms with Gasteiger partial charge in [-0.25, -0.2) is 0 Å². The van der Waals surface area contributed by atoms with Crippen molar-refractivity contribution >= 4 is 5.91 Å². The standard InChI is InChI=1S/C24H29NO3/c1-28-21-10-6-5-9-19(21)11-14-23(27)25-20-12-13-22(25)24(16-20,17-26)15-18-7-3-2-4-8-18/h2-10,20,22,26H,11-17H2,1H3/t20-,22+,24-/m0/s1. The van der Waals surface area contributed by atoms with Crippen LogP contribution in [0.3, 0.4) is 0 Å². The number of aliphatic hydroxyl groups excluding tert-OH is 1. The van der Waals surface area contributed by atoms with Gasteiger partial charge in [-0.1, -0.05) is 48.5 Å². The molecule has 2 aromatic carbocycles. The maximum atomic E-state index is 13.1. The lowest BCUT2D eigenvalue weighted by Crippen LogP contribution is -2.44. The number of amides is 1. The molecule has 28 heavy (non-hydrogen) atoms. The number of carbonyl (C=O) groups excluding carboxylic acids is 1. The van der Waals surface area contributed by atoms with Crippen LogP contribution in [0.4, 0.5) is 0 Å². The summed E-state index contributed by atoms with van der Waals surface area (Å²) in [4.78, 5) is 15.2. The van der Waals surface area contributed by atoms with Gasteiger partial charge in [-0.2, -0.15) is 0 Å². The molecule has 0 radical (unpaired) electrons. The third-order valence-electron chi connectivity index (χ3n) is 6.65. The summed E-state index contributed by atoms with van der Waals surface area (Å²) in [6.45, 7) is 0.138. The molecule has 2 aromatic rings. The van der Waals surface area contributed by atoms with Gasteiger partial charge in [0.1, 0.15) is 5.75 Å². The molecule has 4 rings (SSSR count). The maximum absolute atomic E-state index is 13.1. The molecule has 2 saturated heterocycles. The molecule has 2 aliphatic heterocycles. The Bertz CT molecular complexity index is 822. The molecule has 148 valence electrons. The lowest BCUT2D eigenvalue weighted by Gasteiger charge is -2.36. The van der Waals surface area contributed by atoms with Crippen molar-refractivity contribution in [3.05, 3.63) is 65.7 Å². The van der Waals surface area contributed by atoms with Crippen LogP contribution in [0.5, 0.6) is 5.75 Å². The van der Waals surface area contributed by atoms with E-state index in [2.05, 4.69) is 17.0 Å². The minimum absolute atomic E-state index is 0.138. The number of nitrogens with zero attached hydrogens (tertiary/aromatic N) is 1. The maximum Gasteiger partial charge on any atom is 0.223 e. The van der Waals surface area contributed by atoms with E-state index in [1.807, 2.05) is 42.5 Å². The fraction of sp³-hybridized carbons (Fsp3) is 0.458. The molecule has 0 saturated carbocycles. The largest absolute Gasteiger partial charge is 0.496 e. The quantitative estimate of drug-likeness (QED) is 0.799. The second-order valence-corrected chi connectivity index (χ2v) is 8.25. The van der Waals surface area contributed by atoms with E-state index < -0.39 is 0 Å². The van der Waals surface area contributed by atoms with E-state index in [4.69, 9.17) is 4.74 Å². The summed E-state index contributed by atoms with van der Waals surface area (Å²) in [6.07, 6.45) is 4.97. The molecule has 2 heterocycles. The van der Waals surface area contributed by atoms with Crippen molar-refractivity contribution in [2.24, 2.45) is 5.41 Å². The van der Waals surface area contributed by atoms with E-state index in [0.29, 0.717) is 12.8 Å². The van der Waals surface area contributed by atoms with Gasteiger partial charge in [-0.15, -0.1) is 0 Å². The van der Waals surface area contributed by atoms with Crippen LogP contribution in [-0.2, 0) is 17.6 Å². The monoisotopic (exact) mass is 379 g/mol. The highest BCUT2D eigenvalue weighted by Crippen LogP contribution is 2.51. The Labute approximate surface area is 167 Å². The number of aliphatic hydroxyl groups is 1.